The molecular formula is C11H17N3O2. The summed E-state index contributed by atoms with van der Waals surface area (Å²) in [5, 5.41) is 13.1. The van der Waals surface area contributed by atoms with Crippen molar-refractivity contribution in [3.05, 3.63) is 18.0 Å². The zero-order valence-corrected chi connectivity index (χ0v) is 9.63. The van der Waals surface area contributed by atoms with Gasteiger partial charge >= 0.3 is 5.97 Å². The van der Waals surface area contributed by atoms with Crippen molar-refractivity contribution in [3.8, 4) is 0 Å². The molecule has 88 valence electrons. The summed E-state index contributed by atoms with van der Waals surface area (Å²) in [6.45, 7) is 3.59. The largest absolute Gasteiger partial charge is 0.481 e. The average Bonchev–Trinajstić information content (AvgIpc) is 2.84. The van der Waals surface area contributed by atoms with Gasteiger partial charge in [0.25, 0.3) is 0 Å². The first-order chi connectivity index (χ1) is 7.59. The van der Waals surface area contributed by atoms with Crippen molar-refractivity contribution in [3.63, 3.8) is 0 Å². The lowest BCUT2D eigenvalue weighted by Crippen LogP contribution is -2.27. The normalized spacial score (nSPS) is 23.5. The molecule has 1 aromatic heterocycles. The van der Waals surface area contributed by atoms with Crippen molar-refractivity contribution in [1.82, 2.24) is 14.7 Å². The number of likely N-dealkylation sites (tertiary alicyclic amines) is 1. The fourth-order valence-electron chi connectivity index (χ4n) is 2.32. The fraction of sp³-hybridized carbons (Fsp3) is 0.636. The third kappa shape index (κ3) is 1.95. The zero-order chi connectivity index (χ0) is 11.7. The number of carbonyl (C=O) groups is 1. The Morgan fingerprint density at radius 1 is 1.69 bits per heavy atom. The lowest BCUT2D eigenvalue weighted by Gasteiger charge is -2.23. The molecule has 0 aromatic carbocycles. The van der Waals surface area contributed by atoms with Gasteiger partial charge in [0.2, 0.25) is 0 Å². The number of hydrogen-bond donors (Lipinski definition) is 1. The minimum absolute atomic E-state index is 0.212. The van der Waals surface area contributed by atoms with Crippen molar-refractivity contribution in [2.75, 3.05) is 13.1 Å². The first-order valence-corrected chi connectivity index (χ1v) is 5.54. The first kappa shape index (κ1) is 11.1. The van der Waals surface area contributed by atoms with Crippen LogP contribution in [0.15, 0.2) is 12.3 Å². The molecular weight excluding hydrogens is 206 g/mol. The predicted octanol–water partition coefficient (Wildman–Crippen LogP) is 0.888. The second-order valence-electron chi connectivity index (χ2n) is 4.37. The molecule has 1 fully saturated rings. The van der Waals surface area contributed by atoms with Crippen LogP contribution >= 0.6 is 0 Å². The van der Waals surface area contributed by atoms with Crippen molar-refractivity contribution in [2.45, 2.75) is 19.4 Å². The molecule has 1 saturated heterocycles. The van der Waals surface area contributed by atoms with Gasteiger partial charge in [0.05, 0.1) is 11.6 Å². The summed E-state index contributed by atoms with van der Waals surface area (Å²) >= 11 is 0. The molecule has 0 amide bonds. The molecule has 0 aliphatic carbocycles. The standard InChI is InChI=1S/C11H17N3O2/c1-8(10-3-5-12-13(10)2)14-6-4-9(7-14)11(15)16/h3,5,8-9H,4,6-7H2,1-2H3,(H,15,16). The minimum Gasteiger partial charge on any atom is -0.481 e. The molecule has 1 N–H and O–H groups in total. The first-order valence-electron chi connectivity index (χ1n) is 5.54. The van der Waals surface area contributed by atoms with Gasteiger partial charge in [-0.3, -0.25) is 14.4 Å². The summed E-state index contributed by atoms with van der Waals surface area (Å²) in [5.41, 5.74) is 1.13. The lowest BCUT2D eigenvalue weighted by atomic mass is 10.1. The SMILES string of the molecule is CC(c1ccnn1C)N1CCC(C(=O)O)C1. The lowest BCUT2D eigenvalue weighted by molar-refractivity contribution is -0.141. The van der Waals surface area contributed by atoms with Gasteiger partial charge in [0.15, 0.2) is 0 Å². The topological polar surface area (TPSA) is 58.4 Å². The maximum atomic E-state index is 10.9. The van der Waals surface area contributed by atoms with Crippen LogP contribution in [-0.2, 0) is 11.8 Å². The summed E-state index contributed by atoms with van der Waals surface area (Å²) < 4.78 is 1.85. The van der Waals surface area contributed by atoms with E-state index in [2.05, 4.69) is 16.9 Å². The zero-order valence-electron chi connectivity index (χ0n) is 9.63. The molecule has 0 bridgehead atoms. The van der Waals surface area contributed by atoms with Crippen molar-refractivity contribution >= 4 is 5.97 Å². The summed E-state index contributed by atoms with van der Waals surface area (Å²) in [7, 11) is 1.91. The third-order valence-electron chi connectivity index (χ3n) is 3.40. The van der Waals surface area contributed by atoms with Crippen LogP contribution in [0.2, 0.25) is 0 Å². The molecule has 2 heterocycles. The van der Waals surface area contributed by atoms with Crippen LogP contribution in [-0.4, -0.2) is 38.8 Å². The number of carboxylic acid groups (broad SMARTS) is 1. The quantitative estimate of drug-likeness (QED) is 0.826. The monoisotopic (exact) mass is 223 g/mol. The summed E-state index contributed by atoms with van der Waals surface area (Å²) in [5.74, 6) is -0.893. The highest BCUT2D eigenvalue weighted by molar-refractivity contribution is 5.70. The van der Waals surface area contributed by atoms with Crippen LogP contribution < -0.4 is 0 Å². The Labute approximate surface area is 94.7 Å². The Balaban J connectivity index is 2.05. The molecule has 5 heteroatoms. The highest BCUT2D eigenvalue weighted by Crippen LogP contribution is 2.26. The summed E-state index contributed by atoms with van der Waals surface area (Å²) in [4.78, 5) is 13.1. The van der Waals surface area contributed by atoms with Crippen LogP contribution in [0.4, 0.5) is 0 Å². The molecule has 1 aliphatic heterocycles. The Kier molecular flexibility index (Phi) is 2.96. The predicted molar refractivity (Wildman–Crippen MR) is 58.9 cm³/mol. The van der Waals surface area contributed by atoms with E-state index in [-0.39, 0.29) is 12.0 Å². The molecule has 2 rings (SSSR count). The fourth-order valence-corrected chi connectivity index (χ4v) is 2.32. The number of rotatable bonds is 3. The minimum atomic E-state index is -0.681. The molecule has 16 heavy (non-hydrogen) atoms. The third-order valence-corrected chi connectivity index (χ3v) is 3.40. The van der Waals surface area contributed by atoms with E-state index in [9.17, 15) is 4.79 Å². The Hall–Kier alpha value is -1.36. The van der Waals surface area contributed by atoms with E-state index in [0.29, 0.717) is 6.54 Å². The van der Waals surface area contributed by atoms with Crippen LogP contribution in [0, 0.1) is 5.92 Å². The highest BCUT2D eigenvalue weighted by Gasteiger charge is 2.31. The number of carboxylic acids is 1. The van der Waals surface area contributed by atoms with Gasteiger partial charge in [0.1, 0.15) is 0 Å². The second-order valence-corrected chi connectivity index (χ2v) is 4.37. The number of aryl methyl sites for hydroxylation is 1. The number of hydrogen-bond acceptors (Lipinski definition) is 3. The van der Waals surface area contributed by atoms with Gasteiger partial charge in [-0.05, 0) is 26.0 Å². The molecule has 2 unspecified atom stereocenters. The van der Waals surface area contributed by atoms with E-state index in [0.717, 1.165) is 18.7 Å². The van der Waals surface area contributed by atoms with Crippen molar-refractivity contribution in [1.29, 1.82) is 0 Å². The van der Waals surface area contributed by atoms with Gasteiger partial charge in [-0.2, -0.15) is 5.10 Å². The van der Waals surface area contributed by atoms with E-state index >= 15 is 0 Å². The number of nitrogens with zero attached hydrogens (tertiary/aromatic N) is 3. The molecule has 0 radical (unpaired) electrons. The maximum Gasteiger partial charge on any atom is 0.307 e. The van der Waals surface area contributed by atoms with E-state index in [1.54, 1.807) is 6.20 Å². The smallest absolute Gasteiger partial charge is 0.307 e. The average molecular weight is 223 g/mol. The van der Waals surface area contributed by atoms with Crippen molar-refractivity contribution < 1.29 is 9.90 Å². The Morgan fingerprint density at radius 2 is 2.44 bits per heavy atom. The van der Waals surface area contributed by atoms with Crippen LogP contribution in [0.3, 0.4) is 0 Å². The van der Waals surface area contributed by atoms with Gasteiger partial charge < -0.3 is 5.11 Å². The molecule has 5 nitrogen and oxygen atoms in total. The van der Waals surface area contributed by atoms with Gasteiger partial charge in [-0.25, -0.2) is 0 Å². The van der Waals surface area contributed by atoms with Crippen LogP contribution in [0.1, 0.15) is 25.1 Å². The molecule has 1 aliphatic rings. The van der Waals surface area contributed by atoms with Crippen molar-refractivity contribution in [2.24, 2.45) is 13.0 Å². The Morgan fingerprint density at radius 3 is 2.94 bits per heavy atom. The van der Waals surface area contributed by atoms with Gasteiger partial charge in [-0.15, -0.1) is 0 Å². The molecule has 0 spiro atoms. The second kappa shape index (κ2) is 4.25. The van der Waals surface area contributed by atoms with E-state index in [1.165, 1.54) is 0 Å². The number of aromatic nitrogens is 2. The highest BCUT2D eigenvalue weighted by atomic mass is 16.4. The summed E-state index contributed by atoms with van der Waals surface area (Å²) in [6, 6.07) is 2.22. The van der Waals surface area contributed by atoms with E-state index in [4.69, 9.17) is 5.11 Å². The Bertz CT molecular complexity index is 388. The van der Waals surface area contributed by atoms with Crippen LogP contribution in [0.5, 0.6) is 0 Å². The molecule has 2 atom stereocenters. The van der Waals surface area contributed by atoms with Gasteiger partial charge in [-0.1, -0.05) is 0 Å². The maximum absolute atomic E-state index is 10.9. The molecule has 0 saturated carbocycles. The van der Waals surface area contributed by atoms with Crippen LogP contribution in [0.25, 0.3) is 0 Å². The van der Waals surface area contributed by atoms with E-state index in [1.807, 2.05) is 17.8 Å². The number of aliphatic carboxylic acids is 1. The van der Waals surface area contributed by atoms with Gasteiger partial charge in [0, 0.05) is 25.8 Å². The van der Waals surface area contributed by atoms with E-state index < -0.39 is 5.97 Å². The molecule has 1 aromatic rings. The summed E-state index contributed by atoms with van der Waals surface area (Å²) in [6.07, 6.45) is 2.52.